The minimum atomic E-state index is 0.798. The van der Waals surface area contributed by atoms with Gasteiger partial charge >= 0.3 is 0 Å². The molecule has 13 heavy (non-hydrogen) atoms. The van der Waals surface area contributed by atoms with E-state index in [0.29, 0.717) is 0 Å². The summed E-state index contributed by atoms with van der Waals surface area (Å²) >= 11 is 0. The van der Waals surface area contributed by atoms with Gasteiger partial charge in [0, 0.05) is 12.7 Å². The average Bonchev–Trinajstić information content (AvgIpc) is 2.16. The molecule has 0 bridgehead atoms. The molecular weight excluding hydrogens is 162 g/mol. The third kappa shape index (κ3) is 6.34. The van der Waals surface area contributed by atoms with E-state index in [1.807, 2.05) is 13.1 Å². The molecule has 0 aromatic heterocycles. The van der Waals surface area contributed by atoms with Gasteiger partial charge in [0.1, 0.15) is 0 Å². The van der Waals surface area contributed by atoms with Gasteiger partial charge in [-0.2, -0.15) is 0 Å². The van der Waals surface area contributed by atoms with Crippen molar-refractivity contribution in [2.24, 2.45) is 10.8 Å². The lowest BCUT2D eigenvalue weighted by Crippen LogP contribution is -2.24. The number of unbranched alkanes of at least 4 members (excludes halogenated alkanes) is 2. The summed E-state index contributed by atoms with van der Waals surface area (Å²) in [6, 6.07) is 0. The third-order valence-corrected chi connectivity index (χ3v) is 1.92. The Kier molecular flexibility index (Phi) is 7.30. The van der Waals surface area contributed by atoms with Crippen LogP contribution in [0.5, 0.6) is 0 Å². The Hall–Kier alpha value is -0.830. The molecule has 0 unspecified atom stereocenters. The Morgan fingerprint density at radius 1 is 1.46 bits per heavy atom. The van der Waals surface area contributed by atoms with Gasteiger partial charge in [-0.1, -0.05) is 19.8 Å². The quantitative estimate of drug-likeness (QED) is 0.285. The number of hydrazine groups is 1. The lowest BCUT2D eigenvalue weighted by molar-refractivity contribution is 0.411. The smallest absolute Gasteiger partial charge is 0.0569 e. The van der Waals surface area contributed by atoms with Crippen LogP contribution in [0.15, 0.2) is 16.9 Å². The van der Waals surface area contributed by atoms with Crippen molar-refractivity contribution < 1.29 is 0 Å². The first-order valence-electron chi connectivity index (χ1n) is 4.93. The second-order valence-electron chi connectivity index (χ2n) is 3.07. The highest BCUT2D eigenvalue weighted by molar-refractivity contribution is 5.28. The molecule has 0 radical (unpaired) electrons. The van der Waals surface area contributed by atoms with Crippen LogP contribution in [0.25, 0.3) is 0 Å². The van der Waals surface area contributed by atoms with E-state index in [4.69, 9.17) is 5.84 Å². The van der Waals surface area contributed by atoms with E-state index in [9.17, 15) is 0 Å². The van der Waals surface area contributed by atoms with Crippen molar-refractivity contribution in [2.75, 3.05) is 6.54 Å². The first kappa shape index (κ1) is 12.2. The van der Waals surface area contributed by atoms with Gasteiger partial charge in [-0.05, 0) is 26.5 Å². The first-order valence-corrected chi connectivity index (χ1v) is 4.93. The summed E-state index contributed by atoms with van der Waals surface area (Å²) in [6.45, 7) is 8.51. The van der Waals surface area contributed by atoms with Gasteiger partial charge in [-0.15, -0.1) is 0 Å². The van der Waals surface area contributed by atoms with Crippen LogP contribution < -0.4 is 5.84 Å². The normalized spacial score (nSPS) is 11.5. The molecule has 0 aliphatic carbocycles. The Morgan fingerprint density at radius 3 is 2.62 bits per heavy atom. The van der Waals surface area contributed by atoms with E-state index in [1.165, 1.54) is 19.3 Å². The summed E-state index contributed by atoms with van der Waals surface area (Å²) < 4.78 is 0. The van der Waals surface area contributed by atoms with Crippen molar-refractivity contribution in [3.05, 3.63) is 11.9 Å². The highest BCUT2D eigenvalue weighted by Gasteiger charge is 1.95. The SMILES string of the molecule is C=N/C(=C\N(N)CC)CCCCC. The fraction of sp³-hybridized carbons (Fsp3) is 0.700. The Balaban J connectivity index is 3.86. The molecule has 0 atom stereocenters. The maximum atomic E-state index is 5.62. The van der Waals surface area contributed by atoms with E-state index in [-0.39, 0.29) is 0 Å². The van der Waals surface area contributed by atoms with E-state index in [2.05, 4.69) is 18.6 Å². The van der Waals surface area contributed by atoms with Crippen LogP contribution in [0, 0.1) is 0 Å². The lowest BCUT2D eigenvalue weighted by Gasteiger charge is -2.11. The summed E-state index contributed by atoms with van der Waals surface area (Å²) in [6.07, 6.45) is 6.47. The lowest BCUT2D eigenvalue weighted by atomic mass is 10.2. The fourth-order valence-electron chi connectivity index (χ4n) is 1.02. The minimum absolute atomic E-state index is 0.798. The first-order chi connectivity index (χ1) is 6.24. The van der Waals surface area contributed by atoms with Crippen molar-refractivity contribution in [1.82, 2.24) is 5.01 Å². The number of rotatable bonds is 7. The number of aliphatic imine (C=N–C) groups is 1. The Morgan fingerprint density at radius 2 is 2.15 bits per heavy atom. The highest BCUT2D eigenvalue weighted by atomic mass is 15.4. The molecule has 0 saturated heterocycles. The van der Waals surface area contributed by atoms with Crippen LogP contribution in [0.4, 0.5) is 0 Å². The van der Waals surface area contributed by atoms with Crippen molar-refractivity contribution in [3.63, 3.8) is 0 Å². The molecular formula is C10H21N3. The van der Waals surface area contributed by atoms with Crippen LogP contribution in [0.1, 0.15) is 39.5 Å². The second-order valence-corrected chi connectivity index (χ2v) is 3.07. The van der Waals surface area contributed by atoms with Crippen LogP contribution in [0.2, 0.25) is 0 Å². The molecule has 0 aliphatic rings. The molecule has 0 rings (SSSR count). The van der Waals surface area contributed by atoms with Crippen molar-refractivity contribution >= 4 is 6.72 Å². The molecule has 0 saturated carbocycles. The largest absolute Gasteiger partial charge is 0.317 e. The maximum Gasteiger partial charge on any atom is 0.0569 e. The summed E-state index contributed by atoms with van der Waals surface area (Å²) in [7, 11) is 0. The predicted octanol–water partition coefficient (Wildman–Crippen LogP) is 2.30. The molecule has 0 aliphatic heterocycles. The summed E-state index contributed by atoms with van der Waals surface area (Å²) in [5, 5.41) is 1.63. The zero-order chi connectivity index (χ0) is 10.1. The number of hydrogen-bond donors (Lipinski definition) is 1. The number of allylic oxidation sites excluding steroid dienone is 1. The van der Waals surface area contributed by atoms with E-state index < -0.39 is 0 Å². The van der Waals surface area contributed by atoms with Gasteiger partial charge in [0.15, 0.2) is 0 Å². The van der Waals surface area contributed by atoms with Crippen molar-refractivity contribution in [2.45, 2.75) is 39.5 Å². The number of nitrogens with two attached hydrogens (primary N) is 1. The zero-order valence-corrected chi connectivity index (χ0v) is 8.79. The minimum Gasteiger partial charge on any atom is -0.317 e. The standard InChI is InChI=1S/C10H21N3/c1-4-6-7-8-10(12-3)9-13(11)5-2/h9H,3-8,11H2,1-2H3/b10-9-. The number of hydrogen-bond acceptors (Lipinski definition) is 3. The molecule has 0 fully saturated rings. The fourth-order valence-corrected chi connectivity index (χ4v) is 1.02. The highest BCUT2D eigenvalue weighted by Crippen LogP contribution is 2.09. The van der Waals surface area contributed by atoms with Crippen molar-refractivity contribution in [3.8, 4) is 0 Å². The maximum absolute atomic E-state index is 5.62. The second kappa shape index (κ2) is 7.80. The van der Waals surface area contributed by atoms with Crippen LogP contribution in [-0.4, -0.2) is 18.3 Å². The van der Waals surface area contributed by atoms with Crippen LogP contribution in [-0.2, 0) is 0 Å². The van der Waals surface area contributed by atoms with Crippen molar-refractivity contribution in [1.29, 1.82) is 0 Å². The van der Waals surface area contributed by atoms with Gasteiger partial charge in [0.05, 0.1) is 5.70 Å². The van der Waals surface area contributed by atoms with Gasteiger partial charge < -0.3 is 5.01 Å². The molecule has 0 amide bonds. The summed E-state index contributed by atoms with van der Waals surface area (Å²) in [5.41, 5.74) is 0.984. The molecule has 0 heterocycles. The zero-order valence-electron chi connectivity index (χ0n) is 8.79. The Bertz CT molecular complexity index is 164. The monoisotopic (exact) mass is 183 g/mol. The van der Waals surface area contributed by atoms with Crippen LogP contribution >= 0.6 is 0 Å². The average molecular weight is 183 g/mol. The van der Waals surface area contributed by atoms with E-state index in [1.54, 1.807) is 5.01 Å². The topological polar surface area (TPSA) is 41.6 Å². The molecule has 3 nitrogen and oxygen atoms in total. The number of nitrogens with zero attached hydrogens (tertiary/aromatic N) is 2. The molecule has 2 N–H and O–H groups in total. The van der Waals surface area contributed by atoms with Gasteiger partial charge in [-0.25, -0.2) is 5.84 Å². The summed E-state index contributed by atoms with van der Waals surface area (Å²) in [5.74, 6) is 5.62. The Labute approximate surface area is 81.3 Å². The molecule has 0 aromatic carbocycles. The molecule has 0 spiro atoms. The predicted molar refractivity (Wildman–Crippen MR) is 58.3 cm³/mol. The molecule has 0 aromatic rings. The van der Waals surface area contributed by atoms with Gasteiger partial charge in [0.2, 0.25) is 0 Å². The van der Waals surface area contributed by atoms with E-state index >= 15 is 0 Å². The van der Waals surface area contributed by atoms with Crippen LogP contribution in [0.3, 0.4) is 0 Å². The van der Waals surface area contributed by atoms with E-state index in [0.717, 1.165) is 18.7 Å². The molecule has 3 heteroatoms. The third-order valence-electron chi connectivity index (χ3n) is 1.92. The molecule has 76 valence electrons. The summed E-state index contributed by atoms with van der Waals surface area (Å²) in [4.78, 5) is 3.94. The van der Waals surface area contributed by atoms with Gasteiger partial charge in [-0.3, -0.25) is 4.99 Å². The van der Waals surface area contributed by atoms with Gasteiger partial charge in [0.25, 0.3) is 0 Å².